The number of methoxy groups -OCH3 is 2. The van der Waals surface area contributed by atoms with Crippen LogP contribution in [0.2, 0.25) is 0 Å². The van der Waals surface area contributed by atoms with Crippen LogP contribution in [-0.2, 0) is 25.5 Å². The summed E-state index contributed by atoms with van der Waals surface area (Å²) in [5, 5.41) is 9.54. The molecular weight excluding hydrogens is 440 g/mol. The van der Waals surface area contributed by atoms with Gasteiger partial charge in [0, 0.05) is 6.42 Å². The summed E-state index contributed by atoms with van der Waals surface area (Å²) < 4.78 is 10.4. The molecule has 1 N–H and O–H groups in total. The lowest BCUT2D eigenvalue weighted by molar-refractivity contribution is -0.158. The molecule has 0 aliphatic heterocycles. The second-order valence-corrected chi connectivity index (χ2v) is 8.23. The van der Waals surface area contributed by atoms with Gasteiger partial charge >= 0.3 is 11.9 Å². The number of aromatic carboxylic acids is 1. The molecular formula is C25H26N2O7. The van der Waals surface area contributed by atoms with Crippen LogP contribution >= 0.6 is 0 Å². The van der Waals surface area contributed by atoms with E-state index in [0.717, 1.165) is 0 Å². The number of carbonyl (C=O) groups is 4. The van der Waals surface area contributed by atoms with Gasteiger partial charge in [-0.15, -0.1) is 0 Å². The van der Waals surface area contributed by atoms with E-state index in [2.05, 4.69) is 9.97 Å². The summed E-state index contributed by atoms with van der Waals surface area (Å²) in [6.07, 6.45) is 0.0676. The third-order valence-electron chi connectivity index (χ3n) is 6.07. The lowest BCUT2D eigenvalue weighted by Crippen LogP contribution is -2.44. The minimum atomic E-state index is -1.65. The summed E-state index contributed by atoms with van der Waals surface area (Å²) in [5.41, 5.74) is 0.00372. The van der Waals surface area contributed by atoms with Gasteiger partial charge in [-0.3, -0.25) is 14.4 Å². The first-order valence-corrected chi connectivity index (χ1v) is 10.7. The van der Waals surface area contributed by atoms with Crippen molar-refractivity contribution in [3.8, 4) is 5.75 Å². The van der Waals surface area contributed by atoms with Crippen molar-refractivity contribution in [3.63, 3.8) is 0 Å². The summed E-state index contributed by atoms with van der Waals surface area (Å²) in [5.74, 6) is -3.35. The molecule has 0 saturated heterocycles. The van der Waals surface area contributed by atoms with E-state index in [0.29, 0.717) is 27.9 Å². The molecule has 2 unspecified atom stereocenters. The molecule has 2 aromatic carbocycles. The highest BCUT2D eigenvalue weighted by Gasteiger charge is 2.46. The molecule has 0 amide bonds. The Balaban J connectivity index is 2.25. The van der Waals surface area contributed by atoms with Gasteiger partial charge in [0.05, 0.1) is 36.7 Å². The largest absolute Gasteiger partial charge is 0.494 e. The summed E-state index contributed by atoms with van der Waals surface area (Å²) in [6.45, 7) is 4.60. The van der Waals surface area contributed by atoms with Gasteiger partial charge in [0.2, 0.25) is 0 Å². The van der Waals surface area contributed by atoms with E-state index >= 15 is 0 Å². The van der Waals surface area contributed by atoms with Gasteiger partial charge in [-0.25, -0.2) is 14.8 Å². The number of ketones is 2. The van der Waals surface area contributed by atoms with E-state index in [4.69, 9.17) is 9.47 Å². The Morgan fingerprint density at radius 1 is 1.03 bits per heavy atom. The summed E-state index contributed by atoms with van der Waals surface area (Å²) >= 11 is 0. The summed E-state index contributed by atoms with van der Waals surface area (Å²) in [6, 6.07) is 7.91. The molecule has 34 heavy (non-hydrogen) atoms. The average Bonchev–Trinajstić information content (AvgIpc) is 2.85. The maximum absolute atomic E-state index is 13.3. The first-order valence-electron chi connectivity index (χ1n) is 10.7. The van der Waals surface area contributed by atoms with Crippen molar-refractivity contribution in [1.82, 2.24) is 9.97 Å². The number of Topliss-reactive ketones (excluding diaryl/α,β-unsaturated/α-hetero) is 2. The SMILES string of the molecule is CCC(=O)C(C)C(=O)C(C)(Cc1ccc(OC)c2nc3c(C(=O)O)cccc3nc12)C(=O)OC. The molecule has 0 aliphatic carbocycles. The Labute approximate surface area is 196 Å². The lowest BCUT2D eigenvalue weighted by atomic mass is 9.74. The number of para-hydroxylation sites is 1. The van der Waals surface area contributed by atoms with E-state index in [1.54, 1.807) is 31.2 Å². The smallest absolute Gasteiger partial charge is 0.337 e. The number of aromatic nitrogens is 2. The number of rotatable bonds is 9. The number of nitrogens with zero attached hydrogens (tertiary/aromatic N) is 2. The van der Waals surface area contributed by atoms with Crippen molar-refractivity contribution >= 4 is 45.6 Å². The van der Waals surface area contributed by atoms with Crippen molar-refractivity contribution in [2.75, 3.05) is 14.2 Å². The first kappa shape index (κ1) is 24.8. The predicted molar refractivity (Wildman–Crippen MR) is 124 cm³/mol. The van der Waals surface area contributed by atoms with E-state index in [1.165, 1.54) is 34.1 Å². The van der Waals surface area contributed by atoms with Crippen molar-refractivity contribution in [2.45, 2.75) is 33.6 Å². The maximum Gasteiger partial charge on any atom is 0.337 e. The molecule has 2 atom stereocenters. The molecule has 0 bridgehead atoms. The van der Waals surface area contributed by atoms with Gasteiger partial charge in [-0.05, 0) is 44.0 Å². The molecule has 3 aromatic rings. The molecule has 0 spiro atoms. The molecule has 0 radical (unpaired) electrons. The number of carboxylic acid groups (broad SMARTS) is 1. The van der Waals surface area contributed by atoms with Crippen LogP contribution in [0.1, 0.15) is 43.1 Å². The Morgan fingerprint density at radius 2 is 1.74 bits per heavy atom. The van der Waals surface area contributed by atoms with Gasteiger partial charge in [0.15, 0.2) is 5.78 Å². The van der Waals surface area contributed by atoms with Crippen LogP contribution in [0.3, 0.4) is 0 Å². The first-order chi connectivity index (χ1) is 16.1. The van der Waals surface area contributed by atoms with Crippen LogP contribution in [0.4, 0.5) is 0 Å². The standard InChI is InChI=1S/C25H26N2O7/c1-6-17(28)13(2)22(29)25(3,24(32)34-5)12-14-10-11-18(33-4)21-19(14)26-16-9-7-8-15(23(30)31)20(16)27-21/h7-11,13H,6,12H2,1-5H3,(H,30,31). The van der Waals surface area contributed by atoms with Gasteiger partial charge in [0.25, 0.3) is 0 Å². The molecule has 9 heteroatoms. The fourth-order valence-electron chi connectivity index (χ4n) is 4.08. The number of benzene rings is 2. The number of carboxylic acids is 1. The minimum Gasteiger partial charge on any atom is -0.494 e. The Bertz CT molecular complexity index is 1320. The highest BCUT2D eigenvalue weighted by atomic mass is 16.5. The topological polar surface area (TPSA) is 133 Å². The number of fused-ring (bicyclic) bond motifs is 2. The Morgan fingerprint density at radius 3 is 2.32 bits per heavy atom. The van der Waals surface area contributed by atoms with Crippen molar-refractivity contribution in [3.05, 3.63) is 41.5 Å². The van der Waals surface area contributed by atoms with Crippen molar-refractivity contribution in [2.24, 2.45) is 11.3 Å². The third kappa shape index (κ3) is 4.21. The highest BCUT2D eigenvalue weighted by molar-refractivity contribution is 6.13. The number of esters is 1. The molecule has 9 nitrogen and oxygen atoms in total. The quantitative estimate of drug-likeness (QED) is 0.286. The molecule has 0 saturated carbocycles. The number of ether oxygens (including phenoxy) is 2. The van der Waals surface area contributed by atoms with E-state index < -0.39 is 29.1 Å². The molecule has 3 rings (SSSR count). The van der Waals surface area contributed by atoms with Gasteiger partial charge < -0.3 is 14.6 Å². The number of hydrogen-bond donors (Lipinski definition) is 1. The molecule has 0 aliphatic rings. The number of hydrogen-bond acceptors (Lipinski definition) is 8. The molecule has 178 valence electrons. The second kappa shape index (κ2) is 9.54. The van der Waals surface area contributed by atoms with E-state index in [-0.39, 0.29) is 29.7 Å². The highest BCUT2D eigenvalue weighted by Crippen LogP contribution is 2.35. The van der Waals surface area contributed by atoms with Gasteiger partial charge in [0.1, 0.15) is 28.0 Å². The molecule has 0 fully saturated rings. The molecule has 1 heterocycles. The number of carbonyl (C=O) groups excluding carboxylic acids is 3. The maximum atomic E-state index is 13.3. The Hall–Kier alpha value is -3.88. The van der Waals surface area contributed by atoms with Gasteiger partial charge in [-0.1, -0.05) is 19.1 Å². The van der Waals surface area contributed by atoms with Crippen LogP contribution < -0.4 is 4.74 Å². The van der Waals surface area contributed by atoms with Crippen molar-refractivity contribution in [1.29, 1.82) is 0 Å². The fraction of sp³-hybridized carbons (Fsp3) is 0.360. The zero-order valence-electron chi connectivity index (χ0n) is 19.7. The minimum absolute atomic E-state index is 0.0131. The van der Waals surface area contributed by atoms with E-state index in [1.807, 2.05) is 0 Å². The van der Waals surface area contributed by atoms with Crippen LogP contribution in [0, 0.1) is 11.3 Å². The van der Waals surface area contributed by atoms with E-state index in [9.17, 15) is 24.3 Å². The van der Waals surface area contributed by atoms with Gasteiger partial charge in [-0.2, -0.15) is 0 Å². The fourth-order valence-corrected chi connectivity index (χ4v) is 4.08. The predicted octanol–water partition coefficient (Wildman–Crippen LogP) is 3.40. The van der Waals surface area contributed by atoms with Crippen LogP contribution in [-0.4, -0.2) is 52.8 Å². The third-order valence-corrected chi connectivity index (χ3v) is 6.07. The summed E-state index contributed by atoms with van der Waals surface area (Å²) in [4.78, 5) is 59.2. The second-order valence-electron chi connectivity index (χ2n) is 8.23. The zero-order valence-corrected chi connectivity index (χ0v) is 19.7. The molecule has 1 aromatic heterocycles. The van der Waals surface area contributed by atoms with Crippen LogP contribution in [0.15, 0.2) is 30.3 Å². The zero-order chi connectivity index (χ0) is 25.2. The lowest BCUT2D eigenvalue weighted by Gasteiger charge is -2.28. The average molecular weight is 466 g/mol. The normalized spacial score (nSPS) is 13.8. The van der Waals surface area contributed by atoms with Crippen molar-refractivity contribution < 1.29 is 33.8 Å². The summed E-state index contributed by atoms with van der Waals surface area (Å²) in [7, 11) is 2.64. The van der Waals surface area contributed by atoms with Crippen LogP contribution in [0.25, 0.3) is 22.1 Å². The van der Waals surface area contributed by atoms with Crippen LogP contribution in [0.5, 0.6) is 5.75 Å². The Kier molecular flexibility index (Phi) is 6.95. The monoisotopic (exact) mass is 466 g/mol.